The molecule has 0 saturated carbocycles. The third-order valence-corrected chi connectivity index (χ3v) is 8.24. The van der Waals surface area contributed by atoms with E-state index in [0.29, 0.717) is 32.6 Å². The number of aromatic nitrogens is 1. The first-order valence-electron chi connectivity index (χ1n) is 8.65. The van der Waals surface area contributed by atoms with Crippen LogP contribution in [-0.2, 0) is 27.8 Å². The zero-order chi connectivity index (χ0) is 18.3. The Bertz CT molecular complexity index is 911. The fraction of sp³-hybridized carbons (Fsp3) is 0.444. The van der Waals surface area contributed by atoms with Crippen molar-refractivity contribution in [3.05, 3.63) is 52.0 Å². The van der Waals surface area contributed by atoms with Crippen molar-refractivity contribution in [1.82, 2.24) is 14.2 Å². The number of sulfonamides is 1. The van der Waals surface area contributed by atoms with Crippen LogP contribution in [0.1, 0.15) is 16.3 Å². The molecule has 1 aromatic carbocycles. The lowest BCUT2D eigenvalue weighted by molar-refractivity contribution is -0.129. The van der Waals surface area contributed by atoms with Crippen molar-refractivity contribution in [2.24, 2.45) is 5.92 Å². The number of amides is 1. The number of likely N-dealkylation sites (tertiary alicyclic amines) is 1. The normalized spacial score (nSPS) is 24.7. The van der Waals surface area contributed by atoms with Crippen LogP contribution in [0.4, 0.5) is 0 Å². The van der Waals surface area contributed by atoms with Crippen LogP contribution >= 0.6 is 11.3 Å². The van der Waals surface area contributed by atoms with Crippen molar-refractivity contribution in [3.63, 3.8) is 0 Å². The van der Waals surface area contributed by atoms with Crippen LogP contribution in [0, 0.1) is 12.8 Å². The van der Waals surface area contributed by atoms with Gasteiger partial charge in [0.05, 0.1) is 28.9 Å². The van der Waals surface area contributed by atoms with Crippen LogP contribution in [0.25, 0.3) is 0 Å². The van der Waals surface area contributed by atoms with Gasteiger partial charge in [-0.1, -0.05) is 30.3 Å². The van der Waals surface area contributed by atoms with Gasteiger partial charge in [0.1, 0.15) is 0 Å². The van der Waals surface area contributed by atoms with Gasteiger partial charge in [-0.25, -0.2) is 13.4 Å². The molecule has 0 N–H and O–H groups in total. The van der Waals surface area contributed by atoms with Gasteiger partial charge in [0.2, 0.25) is 15.9 Å². The maximum Gasteiger partial charge on any atom is 0.227 e. The second kappa shape index (κ2) is 6.75. The van der Waals surface area contributed by atoms with E-state index in [4.69, 9.17) is 0 Å². The number of fused-ring (bicyclic) bond motifs is 1. The average molecular weight is 392 g/mol. The van der Waals surface area contributed by atoms with Gasteiger partial charge in [-0.15, -0.1) is 11.3 Å². The first-order valence-corrected chi connectivity index (χ1v) is 11.0. The van der Waals surface area contributed by atoms with Gasteiger partial charge >= 0.3 is 0 Å². The molecular formula is C18H21N3O3S2. The van der Waals surface area contributed by atoms with E-state index in [0.717, 1.165) is 16.3 Å². The summed E-state index contributed by atoms with van der Waals surface area (Å²) >= 11 is 1.53. The summed E-state index contributed by atoms with van der Waals surface area (Å²) in [6.45, 7) is 3.53. The van der Waals surface area contributed by atoms with Crippen LogP contribution in [0.2, 0.25) is 0 Å². The zero-order valence-corrected chi connectivity index (χ0v) is 16.2. The monoisotopic (exact) mass is 391 g/mol. The highest BCUT2D eigenvalue weighted by molar-refractivity contribution is 7.90. The molecule has 2 saturated heterocycles. The Morgan fingerprint density at radius 3 is 2.65 bits per heavy atom. The molecule has 1 aromatic heterocycles. The second-order valence-corrected chi connectivity index (χ2v) is 10.2. The van der Waals surface area contributed by atoms with Gasteiger partial charge in [0, 0.05) is 30.9 Å². The molecule has 138 valence electrons. The topological polar surface area (TPSA) is 70.6 Å². The van der Waals surface area contributed by atoms with Crippen molar-refractivity contribution in [2.45, 2.75) is 25.1 Å². The van der Waals surface area contributed by atoms with Crippen LogP contribution in [0.15, 0.2) is 35.7 Å². The summed E-state index contributed by atoms with van der Waals surface area (Å²) in [6.07, 6.45) is 0.322. The molecule has 2 aromatic rings. The molecule has 1 amide bonds. The number of carbonyl (C=O) groups excluding carboxylic acids is 1. The number of nitrogens with zero attached hydrogens (tertiary/aromatic N) is 3. The number of hydrogen-bond acceptors (Lipinski definition) is 5. The molecular weight excluding hydrogens is 370 g/mol. The van der Waals surface area contributed by atoms with Crippen molar-refractivity contribution in [1.29, 1.82) is 0 Å². The van der Waals surface area contributed by atoms with E-state index in [9.17, 15) is 13.2 Å². The molecule has 2 fully saturated rings. The Hall–Kier alpha value is -1.77. The summed E-state index contributed by atoms with van der Waals surface area (Å²) in [4.78, 5) is 18.6. The van der Waals surface area contributed by atoms with Crippen molar-refractivity contribution < 1.29 is 13.2 Å². The van der Waals surface area contributed by atoms with Gasteiger partial charge in [-0.2, -0.15) is 4.31 Å². The summed E-state index contributed by atoms with van der Waals surface area (Å²) < 4.78 is 27.3. The van der Waals surface area contributed by atoms with E-state index in [1.165, 1.54) is 15.6 Å². The molecule has 8 heteroatoms. The van der Waals surface area contributed by atoms with E-state index >= 15 is 0 Å². The van der Waals surface area contributed by atoms with Gasteiger partial charge in [0.25, 0.3) is 0 Å². The highest BCUT2D eigenvalue weighted by Crippen LogP contribution is 2.35. The molecule has 0 unspecified atom stereocenters. The smallest absolute Gasteiger partial charge is 0.227 e. The molecule has 0 bridgehead atoms. The van der Waals surface area contributed by atoms with Crippen LogP contribution in [-0.4, -0.2) is 53.4 Å². The Morgan fingerprint density at radius 2 is 2.00 bits per heavy atom. The lowest BCUT2D eigenvalue weighted by Gasteiger charge is -2.21. The number of benzene rings is 1. The van der Waals surface area contributed by atoms with Crippen molar-refractivity contribution in [2.75, 3.05) is 19.6 Å². The predicted molar refractivity (Wildman–Crippen MR) is 100 cm³/mol. The first-order chi connectivity index (χ1) is 12.4. The molecule has 0 radical (unpaired) electrons. The molecule has 0 aliphatic carbocycles. The fourth-order valence-corrected chi connectivity index (χ4v) is 6.54. The molecule has 3 heterocycles. The number of thiazole rings is 1. The third-order valence-electron chi connectivity index (χ3n) is 5.12. The highest BCUT2D eigenvalue weighted by atomic mass is 32.2. The van der Waals surface area contributed by atoms with E-state index < -0.39 is 15.3 Å². The second-order valence-electron chi connectivity index (χ2n) is 6.95. The summed E-state index contributed by atoms with van der Waals surface area (Å²) in [5, 5.41) is 2.37. The zero-order valence-electron chi connectivity index (χ0n) is 14.5. The maximum absolute atomic E-state index is 12.9. The Balaban J connectivity index is 1.42. The molecule has 0 spiro atoms. The Morgan fingerprint density at radius 1 is 1.23 bits per heavy atom. The van der Waals surface area contributed by atoms with E-state index in [-0.39, 0.29) is 11.8 Å². The van der Waals surface area contributed by atoms with Gasteiger partial charge < -0.3 is 4.90 Å². The largest absolute Gasteiger partial charge is 0.341 e. The summed E-state index contributed by atoms with van der Waals surface area (Å²) in [5.41, 5.74) is 1.76. The van der Waals surface area contributed by atoms with E-state index in [1.54, 1.807) is 4.90 Å². The quantitative estimate of drug-likeness (QED) is 0.795. The summed E-state index contributed by atoms with van der Waals surface area (Å²) in [6, 6.07) is 9.57. The van der Waals surface area contributed by atoms with Crippen molar-refractivity contribution in [3.8, 4) is 0 Å². The SMILES string of the molecule is Cc1nc(CN2C[C@@H]3CN(C(=O)Cc4ccccc4)C[C@H]3S2(=O)=O)cs1. The predicted octanol–water partition coefficient (Wildman–Crippen LogP) is 1.67. The third kappa shape index (κ3) is 3.28. The Kier molecular flexibility index (Phi) is 4.58. The lowest BCUT2D eigenvalue weighted by atomic mass is 10.1. The van der Waals surface area contributed by atoms with Gasteiger partial charge in [-0.3, -0.25) is 4.79 Å². The molecule has 2 atom stereocenters. The van der Waals surface area contributed by atoms with Gasteiger partial charge in [-0.05, 0) is 12.5 Å². The molecule has 26 heavy (non-hydrogen) atoms. The lowest BCUT2D eigenvalue weighted by Crippen LogP contribution is -2.37. The minimum atomic E-state index is -3.39. The molecule has 6 nitrogen and oxygen atoms in total. The minimum Gasteiger partial charge on any atom is -0.341 e. The minimum absolute atomic E-state index is 0.00229. The number of carbonyl (C=O) groups is 1. The fourth-order valence-electron chi connectivity index (χ4n) is 3.81. The van der Waals surface area contributed by atoms with Crippen LogP contribution < -0.4 is 0 Å². The molecule has 4 rings (SSSR count). The maximum atomic E-state index is 12.9. The average Bonchev–Trinajstić information content (AvgIpc) is 3.26. The molecule has 2 aliphatic rings. The number of rotatable bonds is 4. The highest BCUT2D eigenvalue weighted by Gasteiger charge is 2.51. The number of aryl methyl sites for hydroxylation is 1. The standard InChI is InChI=1S/C18H21N3O3S2/c1-13-19-16(12-25-13)10-21-9-15-8-20(11-17(15)26(21,23)24)18(22)7-14-5-3-2-4-6-14/h2-6,12,15,17H,7-11H2,1H3/t15-,17+/m0/s1. The van der Waals surface area contributed by atoms with Crippen LogP contribution in [0.3, 0.4) is 0 Å². The molecule has 2 aliphatic heterocycles. The first kappa shape index (κ1) is 17.6. The Labute approximate surface area is 157 Å². The van der Waals surface area contributed by atoms with Crippen LogP contribution in [0.5, 0.6) is 0 Å². The van der Waals surface area contributed by atoms with E-state index in [2.05, 4.69) is 4.98 Å². The van der Waals surface area contributed by atoms with E-state index in [1.807, 2.05) is 42.6 Å². The van der Waals surface area contributed by atoms with Gasteiger partial charge in [0.15, 0.2) is 0 Å². The summed E-state index contributed by atoms with van der Waals surface area (Å²) in [5.74, 6) is -0.0121. The van der Waals surface area contributed by atoms with Crippen molar-refractivity contribution >= 4 is 27.3 Å². The number of hydrogen-bond donors (Lipinski definition) is 0. The summed E-state index contributed by atoms with van der Waals surface area (Å²) in [7, 11) is -3.39.